The van der Waals surface area contributed by atoms with Gasteiger partial charge in [-0.2, -0.15) is 4.98 Å². The Morgan fingerprint density at radius 1 is 0.872 bits per heavy atom. The van der Waals surface area contributed by atoms with Gasteiger partial charge >= 0.3 is 0 Å². The second kappa shape index (κ2) is 11.8. The molecule has 0 amide bonds. The van der Waals surface area contributed by atoms with Crippen LogP contribution in [0.3, 0.4) is 0 Å². The van der Waals surface area contributed by atoms with Crippen molar-refractivity contribution in [2.75, 3.05) is 81.7 Å². The zero-order valence-electron chi connectivity index (χ0n) is 21.8. The molecule has 2 saturated heterocycles. The van der Waals surface area contributed by atoms with Gasteiger partial charge in [0.15, 0.2) is 0 Å². The SMILES string of the molecule is Nc1nc(Nc2ccc(N3CCOCC3)cc2)nc2c(-c3cc(OCCN4CCOCC4)ccn3)nccc12. The van der Waals surface area contributed by atoms with E-state index in [0.29, 0.717) is 40.7 Å². The Labute approximate surface area is 226 Å². The number of aromatic nitrogens is 4. The minimum atomic E-state index is 0.369. The van der Waals surface area contributed by atoms with Crippen molar-refractivity contribution in [3.05, 3.63) is 54.9 Å². The molecular formula is C28H32N8O3. The van der Waals surface area contributed by atoms with Crippen LogP contribution in [0.4, 0.5) is 23.1 Å². The number of rotatable bonds is 8. The molecule has 4 aromatic rings. The van der Waals surface area contributed by atoms with E-state index in [0.717, 1.165) is 76.3 Å². The van der Waals surface area contributed by atoms with E-state index in [2.05, 4.69) is 42.2 Å². The number of nitrogen functional groups attached to an aromatic ring is 1. The lowest BCUT2D eigenvalue weighted by Gasteiger charge is -2.28. The Bertz CT molecular complexity index is 1410. The number of morpholine rings is 2. The summed E-state index contributed by atoms with van der Waals surface area (Å²) in [5, 5.41) is 4.00. The molecule has 11 heteroatoms. The van der Waals surface area contributed by atoms with Crippen LogP contribution in [0.25, 0.3) is 22.3 Å². The molecule has 1 aromatic carbocycles. The first-order valence-corrected chi connectivity index (χ1v) is 13.2. The van der Waals surface area contributed by atoms with E-state index < -0.39 is 0 Å². The van der Waals surface area contributed by atoms with Crippen LogP contribution in [0.5, 0.6) is 5.75 Å². The second-order valence-corrected chi connectivity index (χ2v) is 9.44. The summed E-state index contributed by atoms with van der Waals surface area (Å²) >= 11 is 0. The average Bonchev–Trinajstić information content (AvgIpc) is 2.99. The molecule has 2 fully saturated rings. The van der Waals surface area contributed by atoms with Gasteiger partial charge in [0.2, 0.25) is 5.95 Å². The molecule has 6 rings (SSSR count). The molecule has 0 saturated carbocycles. The van der Waals surface area contributed by atoms with E-state index in [4.69, 9.17) is 24.9 Å². The van der Waals surface area contributed by atoms with E-state index in [1.165, 1.54) is 0 Å². The van der Waals surface area contributed by atoms with Crippen LogP contribution in [-0.2, 0) is 9.47 Å². The highest BCUT2D eigenvalue weighted by molar-refractivity contribution is 5.97. The molecule has 202 valence electrons. The summed E-state index contributed by atoms with van der Waals surface area (Å²) < 4.78 is 16.9. The Hall–Kier alpha value is -4.06. The average molecular weight is 529 g/mol. The molecule has 2 aliphatic rings. The van der Waals surface area contributed by atoms with Crippen LogP contribution >= 0.6 is 0 Å². The minimum Gasteiger partial charge on any atom is -0.492 e. The third kappa shape index (κ3) is 6.00. The maximum absolute atomic E-state index is 6.35. The van der Waals surface area contributed by atoms with Crippen LogP contribution in [0.1, 0.15) is 0 Å². The molecule has 0 unspecified atom stereocenters. The number of nitrogens with two attached hydrogens (primary N) is 1. The topological polar surface area (TPSA) is 124 Å². The van der Waals surface area contributed by atoms with Gasteiger partial charge in [-0.3, -0.25) is 14.9 Å². The lowest BCUT2D eigenvalue weighted by atomic mass is 10.1. The molecular weight excluding hydrogens is 496 g/mol. The lowest BCUT2D eigenvalue weighted by Crippen LogP contribution is -2.38. The summed E-state index contributed by atoms with van der Waals surface area (Å²) in [6.07, 6.45) is 3.42. The van der Waals surface area contributed by atoms with Gasteiger partial charge in [0.05, 0.1) is 32.1 Å². The number of hydrogen-bond donors (Lipinski definition) is 2. The molecule has 39 heavy (non-hydrogen) atoms. The number of pyridine rings is 2. The molecule has 0 atom stereocenters. The Morgan fingerprint density at radius 3 is 2.41 bits per heavy atom. The van der Waals surface area contributed by atoms with Gasteiger partial charge in [0.25, 0.3) is 0 Å². The van der Waals surface area contributed by atoms with Crippen molar-refractivity contribution in [2.45, 2.75) is 0 Å². The van der Waals surface area contributed by atoms with Gasteiger partial charge in [0.1, 0.15) is 29.4 Å². The third-order valence-corrected chi connectivity index (χ3v) is 6.90. The Kier molecular flexibility index (Phi) is 7.61. The normalized spacial score (nSPS) is 16.4. The molecule has 0 spiro atoms. The smallest absolute Gasteiger partial charge is 0.229 e. The highest BCUT2D eigenvalue weighted by Crippen LogP contribution is 2.30. The fourth-order valence-corrected chi connectivity index (χ4v) is 4.78. The van der Waals surface area contributed by atoms with E-state index in [1.807, 2.05) is 30.3 Å². The van der Waals surface area contributed by atoms with E-state index >= 15 is 0 Å². The third-order valence-electron chi connectivity index (χ3n) is 6.90. The van der Waals surface area contributed by atoms with Crippen molar-refractivity contribution in [3.63, 3.8) is 0 Å². The largest absolute Gasteiger partial charge is 0.492 e. The van der Waals surface area contributed by atoms with Crippen LogP contribution in [0, 0.1) is 0 Å². The summed E-state index contributed by atoms with van der Waals surface area (Å²) in [4.78, 5) is 23.1. The molecule has 3 N–H and O–H groups in total. The maximum atomic E-state index is 6.35. The van der Waals surface area contributed by atoms with Crippen molar-refractivity contribution in [2.24, 2.45) is 0 Å². The summed E-state index contributed by atoms with van der Waals surface area (Å²) in [6, 6.07) is 13.7. The molecule has 2 aliphatic heterocycles. The monoisotopic (exact) mass is 528 g/mol. The van der Waals surface area contributed by atoms with Gasteiger partial charge < -0.3 is 30.2 Å². The number of hydrogen-bond acceptors (Lipinski definition) is 11. The number of fused-ring (bicyclic) bond motifs is 1. The van der Waals surface area contributed by atoms with Crippen molar-refractivity contribution in [3.8, 4) is 17.1 Å². The predicted molar refractivity (Wildman–Crippen MR) is 150 cm³/mol. The first-order valence-electron chi connectivity index (χ1n) is 13.2. The van der Waals surface area contributed by atoms with Crippen LogP contribution in [0.15, 0.2) is 54.9 Å². The fraction of sp³-hybridized carbons (Fsp3) is 0.357. The molecule has 0 radical (unpaired) electrons. The van der Waals surface area contributed by atoms with Crippen molar-refractivity contribution < 1.29 is 14.2 Å². The highest BCUT2D eigenvalue weighted by atomic mass is 16.5. The lowest BCUT2D eigenvalue weighted by molar-refractivity contribution is 0.0322. The first kappa shape index (κ1) is 25.2. The quantitative estimate of drug-likeness (QED) is 0.351. The fourth-order valence-electron chi connectivity index (χ4n) is 4.78. The van der Waals surface area contributed by atoms with E-state index in [9.17, 15) is 0 Å². The summed E-state index contributed by atoms with van der Waals surface area (Å²) in [5.41, 5.74) is 10.3. The van der Waals surface area contributed by atoms with Crippen LogP contribution < -0.4 is 20.7 Å². The molecule has 3 aromatic heterocycles. The zero-order chi connectivity index (χ0) is 26.4. The van der Waals surface area contributed by atoms with Gasteiger partial charge in [-0.05, 0) is 36.4 Å². The summed E-state index contributed by atoms with van der Waals surface area (Å²) in [5.74, 6) is 1.49. The van der Waals surface area contributed by atoms with Crippen molar-refractivity contribution in [1.29, 1.82) is 0 Å². The second-order valence-electron chi connectivity index (χ2n) is 9.44. The number of anilines is 4. The highest BCUT2D eigenvalue weighted by Gasteiger charge is 2.15. The van der Waals surface area contributed by atoms with Gasteiger partial charge in [-0.15, -0.1) is 0 Å². The van der Waals surface area contributed by atoms with Gasteiger partial charge in [-0.1, -0.05) is 0 Å². The Morgan fingerprint density at radius 2 is 1.62 bits per heavy atom. The Balaban J connectivity index is 1.20. The van der Waals surface area contributed by atoms with Gasteiger partial charge in [-0.25, -0.2) is 4.98 Å². The predicted octanol–water partition coefficient (Wildman–Crippen LogP) is 2.96. The molecule has 0 bridgehead atoms. The van der Waals surface area contributed by atoms with E-state index in [-0.39, 0.29) is 0 Å². The van der Waals surface area contributed by atoms with Gasteiger partial charge in [0, 0.05) is 67.9 Å². The molecule has 0 aliphatic carbocycles. The standard InChI is InChI=1S/C28H32N8O3/c29-27-23-6-8-31-26(24-19-22(5-7-30-24)39-18-11-35-9-14-37-15-10-35)25(23)33-28(34-27)32-20-1-3-21(4-2-20)36-12-16-38-17-13-36/h1-8,19H,9-18H2,(H3,29,32,33,34). The number of ether oxygens (including phenoxy) is 3. The van der Waals surface area contributed by atoms with Crippen LogP contribution in [0.2, 0.25) is 0 Å². The van der Waals surface area contributed by atoms with Crippen LogP contribution in [-0.4, -0.2) is 90.6 Å². The number of nitrogens with zero attached hydrogens (tertiary/aromatic N) is 6. The van der Waals surface area contributed by atoms with Crippen molar-refractivity contribution in [1.82, 2.24) is 24.8 Å². The summed E-state index contributed by atoms with van der Waals surface area (Å²) in [7, 11) is 0. The van der Waals surface area contributed by atoms with Crippen molar-refractivity contribution >= 4 is 34.0 Å². The zero-order valence-corrected chi connectivity index (χ0v) is 21.8. The van der Waals surface area contributed by atoms with E-state index in [1.54, 1.807) is 12.4 Å². The maximum Gasteiger partial charge on any atom is 0.229 e. The molecule has 5 heterocycles. The number of benzene rings is 1. The number of nitrogens with one attached hydrogen (secondary N) is 1. The first-order chi connectivity index (χ1) is 19.2. The molecule has 11 nitrogen and oxygen atoms in total. The minimum absolute atomic E-state index is 0.369. The summed E-state index contributed by atoms with van der Waals surface area (Å²) in [6.45, 7) is 8.11.